The number of alkyl halides is 3. The van der Waals surface area contributed by atoms with Gasteiger partial charge in [-0.25, -0.2) is 13.2 Å². The number of methoxy groups -OCH3 is 1. The molecular weight excluding hydrogens is 838 g/mol. The number of morpholine rings is 1. The molecule has 4 heterocycles. The van der Waals surface area contributed by atoms with Crippen molar-refractivity contribution in [1.82, 2.24) is 25.2 Å². The quantitative estimate of drug-likeness (QED) is 0.302. The highest BCUT2D eigenvalue weighted by atomic mass is 32.2. The molecule has 4 fully saturated rings. The second kappa shape index (κ2) is 17.4. The third kappa shape index (κ3) is 9.55. The molecule has 1 aromatic heterocycles. The maximum absolute atomic E-state index is 14.9. The van der Waals surface area contributed by atoms with Crippen molar-refractivity contribution in [2.45, 2.75) is 113 Å². The Morgan fingerprint density at radius 2 is 1.82 bits per heavy atom. The van der Waals surface area contributed by atoms with Crippen LogP contribution in [-0.4, -0.2) is 123 Å². The predicted octanol–water partition coefficient (Wildman–Crippen LogP) is 4.36. The van der Waals surface area contributed by atoms with E-state index in [1.807, 2.05) is 30.0 Å². The average Bonchev–Trinajstić information content (AvgIpc) is 4.10. The largest absolute Gasteiger partial charge is 0.497 e. The number of benzene rings is 1. The van der Waals surface area contributed by atoms with Crippen LogP contribution in [0.2, 0.25) is 0 Å². The summed E-state index contributed by atoms with van der Waals surface area (Å²) in [4.78, 5) is 64.7. The Bertz CT molecular complexity index is 2200. The number of carbonyl (C=O) groups excluding carboxylic acids is 4. The van der Waals surface area contributed by atoms with Crippen LogP contribution >= 0.6 is 0 Å². The molecule has 8 atom stereocenters. The molecule has 0 radical (unpaired) electrons. The molecule has 0 bridgehead atoms. The van der Waals surface area contributed by atoms with E-state index in [2.05, 4.69) is 20.1 Å². The number of carbonyl (C=O) groups is 4. The van der Waals surface area contributed by atoms with Crippen LogP contribution in [-0.2, 0) is 33.9 Å². The summed E-state index contributed by atoms with van der Waals surface area (Å²) in [5, 5.41) is 6.56. The lowest BCUT2D eigenvalue weighted by atomic mass is 9.88. The Morgan fingerprint density at radius 3 is 2.50 bits per heavy atom. The minimum absolute atomic E-state index is 0.0411. The van der Waals surface area contributed by atoms with Crippen molar-refractivity contribution in [2.75, 3.05) is 44.9 Å². The zero-order chi connectivity index (χ0) is 44.8. The van der Waals surface area contributed by atoms with E-state index in [1.54, 1.807) is 39.2 Å². The number of hydrogen-bond donors (Lipinski definition) is 3. The second-order valence-corrected chi connectivity index (χ2v) is 19.8. The molecule has 0 unspecified atom stereocenters. The molecule has 7 rings (SSSR count). The molecule has 340 valence electrons. The number of anilines is 1. The lowest BCUT2D eigenvalue weighted by Crippen LogP contribution is -2.59. The average molecular weight is 893 g/mol. The summed E-state index contributed by atoms with van der Waals surface area (Å²) >= 11 is 0. The molecule has 2 saturated heterocycles. The van der Waals surface area contributed by atoms with E-state index in [-0.39, 0.29) is 31.2 Å². The molecule has 2 aliphatic carbocycles. The first kappa shape index (κ1) is 45.2. The smallest absolute Gasteiger partial charge is 0.425 e. The second-order valence-electron chi connectivity index (χ2n) is 17.6. The van der Waals surface area contributed by atoms with E-state index in [0.29, 0.717) is 82.3 Å². The third-order valence-corrected chi connectivity index (χ3v) is 15.0. The Balaban J connectivity index is 1.24. The van der Waals surface area contributed by atoms with Crippen LogP contribution in [0.15, 0.2) is 36.4 Å². The summed E-state index contributed by atoms with van der Waals surface area (Å²) in [6.45, 7) is 7.74. The molecule has 3 N–H and O–H groups in total. The first-order valence-corrected chi connectivity index (χ1v) is 22.6. The number of aromatic nitrogens is 1. The summed E-state index contributed by atoms with van der Waals surface area (Å²) < 4.78 is 90.3. The fraction of sp³-hybridized carbons (Fsp3) is 0.643. The van der Waals surface area contributed by atoms with Gasteiger partial charge in [0.05, 0.1) is 31.6 Å². The standard InChI is InChI=1S/C42H55F3N6O10S/c1-24-8-6-7-9-28-22-41(28,38(54)49-62(56,57)40(4)12-13-40)48-35(52)32-21-30(23-51(32)37(53)34(25(2)18-24)47-39(55)60-26(3)42(43,44)45)61-36-31-11-10-29(58-5)19-27(31)20-33(46-36)50-14-16-59-17-15-50/h7,9-11,19-20,24-26,28,30,32,34H,6,8,12-18,21-23H2,1-5H3,(H,47,55)(H,48,52)(H,49,54)/b9-7-/t24-,25+,26+,28+,30+,32-,34-,41+/m0/s1. The minimum atomic E-state index is -4.86. The zero-order valence-electron chi connectivity index (χ0n) is 35.5. The molecule has 16 nitrogen and oxygen atoms in total. The Kier molecular flexibility index (Phi) is 12.7. The van der Waals surface area contributed by atoms with Gasteiger partial charge in [-0.1, -0.05) is 26.0 Å². The Hall–Kier alpha value is -4.85. The molecule has 1 aromatic carbocycles. The maximum Gasteiger partial charge on any atom is 0.425 e. The molecule has 2 aromatic rings. The first-order chi connectivity index (χ1) is 29.2. The highest BCUT2D eigenvalue weighted by molar-refractivity contribution is 7.91. The molecule has 3 aliphatic heterocycles. The molecule has 2 saturated carbocycles. The van der Waals surface area contributed by atoms with Crippen LogP contribution in [0.3, 0.4) is 0 Å². The lowest BCUT2D eigenvalue weighted by Gasteiger charge is -2.33. The van der Waals surface area contributed by atoms with E-state index >= 15 is 0 Å². The van der Waals surface area contributed by atoms with Gasteiger partial charge in [0.15, 0.2) is 6.10 Å². The van der Waals surface area contributed by atoms with Crippen molar-refractivity contribution >= 4 is 50.4 Å². The molecule has 5 aliphatic rings. The van der Waals surface area contributed by atoms with Gasteiger partial charge < -0.3 is 39.4 Å². The van der Waals surface area contributed by atoms with Crippen LogP contribution in [0.25, 0.3) is 10.8 Å². The van der Waals surface area contributed by atoms with Crippen LogP contribution in [0.5, 0.6) is 11.6 Å². The van der Waals surface area contributed by atoms with Crippen LogP contribution in [0.4, 0.5) is 23.8 Å². The number of hydrogen-bond acceptors (Lipinski definition) is 12. The van der Waals surface area contributed by atoms with Gasteiger partial charge in [0, 0.05) is 30.8 Å². The van der Waals surface area contributed by atoms with E-state index in [9.17, 15) is 40.8 Å². The van der Waals surface area contributed by atoms with Crippen molar-refractivity contribution in [3.05, 3.63) is 36.4 Å². The summed E-state index contributed by atoms with van der Waals surface area (Å²) in [5.74, 6) is -2.30. The number of pyridine rings is 1. The molecule has 0 spiro atoms. The van der Waals surface area contributed by atoms with E-state index in [1.165, 1.54) is 4.90 Å². The van der Waals surface area contributed by atoms with Gasteiger partial charge in [0.2, 0.25) is 27.7 Å². The van der Waals surface area contributed by atoms with Crippen molar-refractivity contribution in [3.63, 3.8) is 0 Å². The number of rotatable bonds is 9. The first-order valence-electron chi connectivity index (χ1n) is 21.1. The normalized spacial score (nSPS) is 30.1. The number of alkyl carbamates (subject to hydrolysis) is 1. The summed E-state index contributed by atoms with van der Waals surface area (Å²) in [5.41, 5.74) is -1.66. The Morgan fingerprint density at radius 1 is 1.10 bits per heavy atom. The summed E-state index contributed by atoms with van der Waals surface area (Å²) in [6, 6.07) is 4.48. The molecular formula is C42H55F3N6O10S. The van der Waals surface area contributed by atoms with Crippen molar-refractivity contribution in [3.8, 4) is 11.6 Å². The number of nitrogens with one attached hydrogen (secondary N) is 3. The van der Waals surface area contributed by atoms with Crippen molar-refractivity contribution in [1.29, 1.82) is 0 Å². The topological polar surface area (TPSA) is 195 Å². The van der Waals surface area contributed by atoms with Gasteiger partial charge in [-0.2, -0.15) is 18.2 Å². The Labute approximate surface area is 358 Å². The van der Waals surface area contributed by atoms with Crippen LogP contribution in [0.1, 0.15) is 72.6 Å². The highest BCUT2D eigenvalue weighted by Crippen LogP contribution is 2.48. The fourth-order valence-electron chi connectivity index (χ4n) is 8.50. The van der Waals surface area contributed by atoms with Crippen LogP contribution < -0.4 is 29.7 Å². The van der Waals surface area contributed by atoms with Gasteiger partial charge in [-0.3, -0.25) is 19.1 Å². The van der Waals surface area contributed by atoms with Gasteiger partial charge in [-0.05, 0) is 93.9 Å². The molecule has 4 amide bonds. The number of ether oxygens (including phenoxy) is 4. The number of allylic oxidation sites excluding steroid dienone is 1. The minimum Gasteiger partial charge on any atom is -0.497 e. The highest BCUT2D eigenvalue weighted by Gasteiger charge is 2.63. The van der Waals surface area contributed by atoms with Crippen LogP contribution in [0, 0.1) is 17.8 Å². The number of nitrogens with zero attached hydrogens (tertiary/aromatic N) is 3. The molecule has 20 heteroatoms. The number of halogens is 3. The van der Waals surface area contributed by atoms with E-state index in [4.69, 9.17) is 19.2 Å². The molecule has 62 heavy (non-hydrogen) atoms. The third-order valence-electron chi connectivity index (χ3n) is 12.9. The fourth-order valence-corrected chi connectivity index (χ4v) is 9.82. The van der Waals surface area contributed by atoms with Gasteiger partial charge in [0.25, 0.3) is 5.91 Å². The van der Waals surface area contributed by atoms with Crippen molar-refractivity contribution < 1.29 is 59.7 Å². The van der Waals surface area contributed by atoms with Crippen molar-refractivity contribution in [2.24, 2.45) is 17.8 Å². The summed E-state index contributed by atoms with van der Waals surface area (Å²) in [7, 11) is -2.55. The monoisotopic (exact) mass is 892 g/mol. The SMILES string of the molecule is COc1ccc2c(O[C@@H]3C[C@H]4C(=O)N[C@]5(C(=O)NS(=O)(=O)C6(C)CC6)C[C@H]5/C=C\CC[C@H](C)C[C@@H](C)[C@H](NC(=O)O[C@H](C)C(F)(F)F)C(=O)N4C3)nc(N3CCOCC3)cc2c1. The summed E-state index contributed by atoms with van der Waals surface area (Å²) in [6.07, 6.45) is -3.79. The number of fused-ring (bicyclic) bond motifs is 3. The van der Waals surface area contributed by atoms with Gasteiger partial charge >= 0.3 is 12.3 Å². The zero-order valence-corrected chi connectivity index (χ0v) is 36.3. The van der Waals surface area contributed by atoms with Gasteiger partial charge in [0.1, 0.15) is 35.3 Å². The maximum atomic E-state index is 14.9. The van der Waals surface area contributed by atoms with E-state index < -0.39 is 86.4 Å². The lowest BCUT2D eigenvalue weighted by molar-refractivity contribution is -0.197. The predicted molar refractivity (Wildman–Crippen MR) is 220 cm³/mol. The van der Waals surface area contributed by atoms with E-state index in [0.717, 1.165) is 5.39 Å². The van der Waals surface area contributed by atoms with Gasteiger partial charge in [-0.15, -0.1) is 0 Å². The number of sulfonamides is 1. The number of amides is 4.